The minimum atomic E-state index is -0.169. The van der Waals surface area contributed by atoms with Gasteiger partial charge in [-0.25, -0.2) is 4.98 Å². The number of nitrogen functional groups attached to an aromatic ring is 1. The van der Waals surface area contributed by atoms with Crippen molar-refractivity contribution in [2.45, 2.75) is 6.92 Å². The molecule has 0 bridgehead atoms. The van der Waals surface area contributed by atoms with Gasteiger partial charge in [-0.15, -0.1) is 11.3 Å². The molecule has 0 fully saturated rings. The zero-order chi connectivity index (χ0) is 14.1. The molecule has 0 radical (unpaired) electrons. The quantitative estimate of drug-likeness (QED) is 0.710. The monoisotopic (exact) mass is 283 g/mol. The van der Waals surface area contributed by atoms with Gasteiger partial charge in [0, 0.05) is 17.3 Å². The van der Waals surface area contributed by atoms with E-state index in [1.54, 1.807) is 0 Å². The lowest BCUT2D eigenvalue weighted by Crippen LogP contribution is -2.08. The summed E-state index contributed by atoms with van der Waals surface area (Å²) in [6, 6.07) is 11.0. The van der Waals surface area contributed by atoms with Gasteiger partial charge in [0.2, 0.25) is 0 Å². The second kappa shape index (κ2) is 4.94. The SMILES string of the molecule is Cc1ccc(-c2cc(=O)[nH]c(-c3cccs3)n2)cc1N. The van der Waals surface area contributed by atoms with Gasteiger partial charge in [-0.05, 0) is 30.0 Å². The molecule has 0 saturated carbocycles. The number of hydrogen-bond acceptors (Lipinski definition) is 4. The van der Waals surface area contributed by atoms with Crippen molar-refractivity contribution in [3.63, 3.8) is 0 Å². The number of anilines is 1. The number of H-pyrrole nitrogens is 1. The molecule has 3 N–H and O–H groups in total. The molecule has 3 aromatic rings. The number of hydrogen-bond donors (Lipinski definition) is 2. The highest BCUT2D eigenvalue weighted by molar-refractivity contribution is 7.13. The molecular formula is C15H13N3OS. The number of nitrogens with one attached hydrogen (secondary N) is 1. The third-order valence-corrected chi connectivity index (χ3v) is 3.95. The number of aromatic nitrogens is 2. The van der Waals surface area contributed by atoms with E-state index in [0.717, 1.165) is 16.0 Å². The number of benzene rings is 1. The topological polar surface area (TPSA) is 71.8 Å². The van der Waals surface area contributed by atoms with Crippen LogP contribution >= 0.6 is 11.3 Å². The predicted molar refractivity (Wildman–Crippen MR) is 82.8 cm³/mol. The molecule has 0 unspecified atom stereocenters. The van der Waals surface area contributed by atoms with E-state index < -0.39 is 0 Å². The number of aryl methyl sites for hydroxylation is 1. The molecule has 4 nitrogen and oxygen atoms in total. The molecule has 5 heteroatoms. The van der Waals surface area contributed by atoms with Crippen molar-refractivity contribution < 1.29 is 0 Å². The van der Waals surface area contributed by atoms with Crippen molar-refractivity contribution in [3.05, 3.63) is 57.7 Å². The molecule has 0 spiro atoms. The average molecular weight is 283 g/mol. The van der Waals surface area contributed by atoms with Gasteiger partial charge in [-0.2, -0.15) is 0 Å². The van der Waals surface area contributed by atoms with Gasteiger partial charge in [0.25, 0.3) is 5.56 Å². The molecule has 2 aromatic heterocycles. The second-order valence-electron chi connectivity index (χ2n) is 4.53. The summed E-state index contributed by atoms with van der Waals surface area (Å²) < 4.78 is 0. The van der Waals surface area contributed by atoms with Crippen molar-refractivity contribution in [1.29, 1.82) is 0 Å². The number of nitrogens with zero attached hydrogens (tertiary/aromatic N) is 1. The van der Waals surface area contributed by atoms with Crippen molar-refractivity contribution in [2.24, 2.45) is 0 Å². The highest BCUT2D eigenvalue weighted by Gasteiger charge is 2.07. The minimum absolute atomic E-state index is 0.169. The molecule has 0 atom stereocenters. The van der Waals surface area contributed by atoms with Gasteiger partial charge in [-0.1, -0.05) is 18.2 Å². The Balaban J connectivity index is 2.14. The number of aromatic amines is 1. The summed E-state index contributed by atoms with van der Waals surface area (Å²) in [5.41, 5.74) is 8.93. The lowest BCUT2D eigenvalue weighted by Gasteiger charge is -2.06. The van der Waals surface area contributed by atoms with Crippen LogP contribution in [0.15, 0.2) is 46.6 Å². The molecule has 0 amide bonds. The Morgan fingerprint density at radius 1 is 1.25 bits per heavy atom. The van der Waals surface area contributed by atoms with Crippen molar-refractivity contribution in [2.75, 3.05) is 5.73 Å². The summed E-state index contributed by atoms with van der Waals surface area (Å²) in [5, 5.41) is 1.95. The van der Waals surface area contributed by atoms with E-state index in [4.69, 9.17) is 5.73 Å². The summed E-state index contributed by atoms with van der Waals surface area (Å²) in [4.78, 5) is 20.0. The first-order chi connectivity index (χ1) is 9.63. The van der Waals surface area contributed by atoms with Gasteiger partial charge in [0.15, 0.2) is 5.82 Å². The summed E-state index contributed by atoms with van der Waals surface area (Å²) in [7, 11) is 0. The summed E-state index contributed by atoms with van der Waals surface area (Å²) in [6.07, 6.45) is 0. The number of nitrogens with two attached hydrogens (primary N) is 1. The second-order valence-corrected chi connectivity index (χ2v) is 5.48. The Kier molecular flexibility index (Phi) is 3.12. The standard InChI is InChI=1S/C15H13N3OS/c1-9-4-5-10(7-11(9)16)12-8-14(19)18-15(17-12)13-3-2-6-20-13/h2-8H,16H2,1H3,(H,17,18,19). The van der Waals surface area contributed by atoms with Crippen LogP contribution in [0.5, 0.6) is 0 Å². The van der Waals surface area contributed by atoms with Crippen LogP contribution in [0.4, 0.5) is 5.69 Å². The van der Waals surface area contributed by atoms with Crippen LogP contribution in [0.3, 0.4) is 0 Å². The first-order valence-electron chi connectivity index (χ1n) is 6.15. The van der Waals surface area contributed by atoms with Crippen molar-refractivity contribution in [1.82, 2.24) is 9.97 Å². The highest BCUT2D eigenvalue weighted by Crippen LogP contribution is 2.25. The summed E-state index contributed by atoms with van der Waals surface area (Å²) in [5.74, 6) is 0.585. The summed E-state index contributed by atoms with van der Waals surface area (Å²) >= 11 is 1.54. The summed E-state index contributed by atoms with van der Waals surface area (Å²) in [6.45, 7) is 1.95. The lowest BCUT2D eigenvalue weighted by molar-refractivity contribution is 1.14. The fourth-order valence-corrected chi connectivity index (χ4v) is 2.60. The third-order valence-electron chi connectivity index (χ3n) is 3.07. The highest BCUT2D eigenvalue weighted by atomic mass is 32.1. The van der Waals surface area contributed by atoms with E-state index in [1.165, 1.54) is 17.4 Å². The fraction of sp³-hybridized carbons (Fsp3) is 0.0667. The van der Waals surface area contributed by atoms with Crippen LogP contribution < -0.4 is 11.3 Å². The Bertz CT molecular complexity index is 806. The number of rotatable bonds is 2. The lowest BCUT2D eigenvalue weighted by atomic mass is 10.1. The Hall–Kier alpha value is -2.40. The van der Waals surface area contributed by atoms with Gasteiger partial charge in [0.05, 0.1) is 10.6 Å². The largest absolute Gasteiger partial charge is 0.398 e. The Morgan fingerprint density at radius 3 is 2.80 bits per heavy atom. The van der Waals surface area contributed by atoms with Crippen LogP contribution in [0, 0.1) is 6.92 Å². The first kappa shape index (κ1) is 12.6. The number of thiophene rings is 1. The van der Waals surface area contributed by atoms with E-state index in [2.05, 4.69) is 9.97 Å². The van der Waals surface area contributed by atoms with Gasteiger partial charge >= 0.3 is 0 Å². The fourth-order valence-electron chi connectivity index (χ4n) is 1.94. The maximum Gasteiger partial charge on any atom is 0.251 e. The van der Waals surface area contributed by atoms with Gasteiger partial charge in [-0.3, -0.25) is 4.79 Å². The van der Waals surface area contributed by atoms with Crippen LogP contribution in [-0.2, 0) is 0 Å². The zero-order valence-corrected chi connectivity index (χ0v) is 11.7. The molecule has 0 saturated heterocycles. The van der Waals surface area contributed by atoms with Crippen LogP contribution in [0.1, 0.15) is 5.56 Å². The molecule has 2 heterocycles. The predicted octanol–water partition coefficient (Wildman–Crippen LogP) is 3.06. The van der Waals surface area contributed by atoms with Crippen LogP contribution in [-0.4, -0.2) is 9.97 Å². The minimum Gasteiger partial charge on any atom is -0.398 e. The molecule has 3 rings (SSSR count). The molecular weight excluding hydrogens is 270 g/mol. The van der Waals surface area contributed by atoms with E-state index in [9.17, 15) is 4.79 Å². The van der Waals surface area contributed by atoms with Gasteiger partial charge < -0.3 is 10.7 Å². The first-order valence-corrected chi connectivity index (χ1v) is 7.03. The van der Waals surface area contributed by atoms with Crippen molar-refractivity contribution >= 4 is 17.0 Å². The van der Waals surface area contributed by atoms with Gasteiger partial charge in [0.1, 0.15) is 0 Å². The average Bonchev–Trinajstić information content (AvgIpc) is 2.95. The van der Waals surface area contributed by atoms with Crippen molar-refractivity contribution in [3.8, 4) is 22.0 Å². The molecule has 0 aliphatic carbocycles. The van der Waals surface area contributed by atoms with E-state index >= 15 is 0 Å². The smallest absolute Gasteiger partial charge is 0.251 e. The van der Waals surface area contributed by atoms with E-state index in [0.29, 0.717) is 17.2 Å². The Morgan fingerprint density at radius 2 is 2.10 bits per heavy atom. The maximum absolute atomic E-state index is 11.8. The molecule has 1 aromatic carbocycles. The van der Waals surface area contributed by atoms with E-state index in [1.807, 2.05) is 42.6 Å². The maximum atomic E-state index is 11.8. The van der Waals surface area contributed by atoms with Crippen LogP contribution in [0.25, 0.3) is 22.0 Å². The Labute approximate surface area is 119 Å². The normalized spacial score (nSPS) is 10.7. The molecule has 0 aliphatic heterocycles. The third kappa shape index (κ3) is 2.35. The zero-order valence-electron chi connectivity index (χ0n) is 10.9. The molecule has 20 heavy (non-hydrogen) atoms. The molecule has 0 aliphatic rings. The van der Waals surface area contributed by atoms with Crippen LogP contribution in [0.2, 0.25) is 0 Å². The molecule has 100 valence electrons. The van der Waals surface area contributed by atoms with E-state index in [-0.39, 0.29) is 5.56 Å².